The van der Waals surface area contributed by atoms with Crippen LogP contribution in [-0.2, 0) is 65.4 Å². The van der Waals surface area contributed by atoms with Crippen molar-refractivity contribution in [1.29, 1.82) is 0 Å². The second kappa shape index (κ2) is 17.3. The van der Waals surface area contributed by atoms with Crippen LogP contribution in [0.25, 0.3) is 0 Å². The average Bonchev–Trinajstić information content (AvgIpc) is 2.11. The minimum absolute atomic E-state index is 0. The maximum atomic E-state index is 3.92. The van der Waals surface area contributed by atoms with Crippen LogP contribution < -0.4 is 0 Å². The predicted molar refractivity (Wildman–Crippen MR) is 55.8 cm³/mol. The minimum atomic E-state index is 0. The third-order valence-corrected chi connectivity index (χ3v) is 2.04. The maximum absolute atomic E-state index is 3.92. The Bertz CT molecular complexity index is 119. The van der Waals surface area contributed by atoms with Gasteiger partial charge in [-0.05, 0) is 0 Å². The van der Waals surface area contributed by atoms with Crippen molar-refractivity contribution in [2.75, 3.05) is 0 Å². The van der Waals surface area contributed by atoms with Crippen molar-refractivity contribution in [2.24, 2.45) is 0 Å². The fourth-order valence-electron chi connectivity index (χ4n) is 1.13. The summed E-state index contributed by atoms with van der Waals surface area (Å²) in [5.41, 5.74) is 1.44. The molecule has 0 nitrogen and oxygen atoms in total. The van der Waals surface area contributed by atoms with Crippen LogP contribution in [0.4, 0.5) is 0 Å². The van der Waals surface area contributed by atoms with E-state index in [-0.39, 0.29) is 65.4 Å². The summed E-state index contributed by atoms with van der Waals surface area (Å²) in [4.78, 5) is 0. The molecular formula is C12H22Y2-2. The Morgan fingerprint density at radius 3 is 2.07 bits per heavy atom. The maximum Gasteiger partial charge on any atom is 0 e. The van der Waals surface area contributed by atoms with Crippen LogP contribution in [0.15, 0.2) is 5.57 Å². The molecule has 0 heterocycles. The smallest absolute Gasteiger partial charge is 0 e. The summed E-state index contributed by atoms with van der Waals surface area (Å²) in [5.74, 6) is 0. The van der Waals surface area contributed by atoms with Gasteiger partial charge in [-0.25, -0.2) is 0 Å². The van der Waals surface area contributed by atoms with Gasteiger partial charge in [0.05, 0.1) is 0 Å². The fraction of sp³-hybridized carbons (Fsp3) is 0.750. The van der Waals surface area contributed by atoms with Crippen LogP contribution in [0.1, 0.15) is 58.8 Å². The summed E-state index contributed by atoms with van der Waals surface area (Å²) in [6, 6.07) is 0. The fourth-order valence-corrected chi connectivity index (χ4v) is 1.13. The zero-order valence-electron chi connectivity index (χ0n) is 9.81. The van der Waals surface area contributed by atoms with Crippen LogP contribution in [0, 0.1) is 13.0 Å². The first-order valence-electron chi connectivity index (χ1n) is 5.22. The molecule has 0 aromatic rings. The normalized spacial score (nSPS) is 10.4. The second-order valence-corrected chi connectivity index (χ2v) is 3.24. The van der Waals surface area contributed by atoms with Gasteiger partial charge in [0.15, 0.2) is 0 Å². The van der Waals surface area contributed by atoms with Crippen molar-refractivity contribution in [2.45, 2.75) is 58.8 Å². The summed E-state index contributed by atoms with van der Waals surface area (Å²) in [5, 5.41) is 0. The molecule has 0 saturated heterocycles. The third kappa shape index (κ3) is 13.9. The average molecular weight is 344 g/mol. The zero-order chi connectivity index (χ0) is 9.23. The van der Waals surface area contributed by atoms with Crippen LogP contribution in [0.2, 0.25) is 0 Å². The van der Waals surface area contributed by atoms with Gasteiger partial charge >= 0.3 is 0 Å². The molecule has 0 saturated carbocycles. The van der Waals surface area contributed by atoms with Crippen molar-refractivity contribution < 1.29 is 65.4 Å². The predicted octanol–water partition coefficient (Wildman–Crippen LogP) is 4.32. The molecule has 0 fully saturated rings. The zero-order valence-corrected chi connectivity index (χ0v) is 15.5. The molecule has 0 amide bonds. The van der Waals surface area contributed by atoms with Gasteiger partial charge < -0.3 is 13.0 Å². The van der Waals surface area contributed by atoms with Crippen molar-refractivity contribution in [3.05, 3.63) is 18.6 Å². The van der Waals surface area contributed by atoms with Crippen molar-refractivity contribution >= 4 is 0 Å². The van der Waals surface area contributed by atoms with E-state index in [0.717, 1.165) is 12.8 Å². The summed E-state index contributed by atoms with van der Waals surface area (Å²) in [6.07, 6.45) is 11.9. The number of unbranched alkanes of at least 4 members (excludes halogenated alkanes) is 3. The topological polar surface area (TPSA) is 0 Å². The molecule has 0 aromatic carbocycles. The van der Waals surface area contributed by atoms with E-state index in [2.05, 4.69) is 26.8 Å². The quantitative estimate of drug-likeness (QED) is 0.477. The first kappa shape index (κ1) is 21.3. The van der Waals surface area contributed by atoms with Gasteiger partial charge in [0.2, 0.25) is 0 Å². The standard InChI is InChI=1S/C12H22.2Y/c1-4-7-9-11-12(6-3)10-8-5-2;;/h3-10H2,1-2H3;;/q-2;;. The molecule has 0 spiro atoms. The first-order chi connectivity index (χ1) is 5.85. The summed E-state index contributed by atoms with van der Waals surface area (Å²) >= 11 is 0. The van der Waals surface area contributed by atoms with Crippen LogP contribution in [0.3, 0.4) is 0 Å². The summed E-state index contributed by atoms with van der Waals surface area (Å²) in [6.45, 7) is 8.37. The molecule has 0 aliphatic rings. The number of hydrogen-bond donors (Lipinski definition) is 0. The Hall–Kier alpha value is 1.95. The van der Waals surface area contributed by atoms with Crippen LogP contribution in [-0.4, -0.2) is 0 Å². The number of hydrogen-bond acceptors (Lipinski definition) is 0. The van der Waals surface area contributed by atoms with Gasteiger partial charge in [-0.15, -0.1) is 0 Å². The van der Waals surface area contributed by atoms with Crippen molar-refractivity contribution in [3.63, 3.8) is 0 Å². The van der Waals surface area contributed by atoms with Gasteiger partial charge in [0.1, 0.15) is 0 Å². The van der Waals surface area contributed by atoms with Gasteiger partial charge in [0, 0.05) is 65.4 Å². The molecule has 2 radical (unpaired) electrons. The number of rotatable bonds is 7. The molecule has 0 unspecified atom stereocenters. The van der Waals surface area contributed by atoms with E-state index in [9.17, 15) is 0 Å². The second-order valence-electron chi connectivity index (χ2n) is 3.24. The third-order valence-electron chi connectivity index (χ3n) is 2.04. The van der Waals surface area contributed by atoms with E-state index in [0.29, 0.717) is 0 Å². The molecule has 0 atom stereocenters. The Balaban J connectivity index is -0.000000605. The Morgan fingerprint density at radius 2 is 1.64 bits per heavy atom. The van der Waals surface area contributed by atoms with Gasteiger partial charge in [0.25, 0.3) is 0 Å². The molecule has 0 bridgehead atoms. The molecule has 14 heavy (non-hydrogen) atoms. The largest absolute Gasteiger partial charge is 0.500 e. The minimum Gasteiger partial charge on any atom is -0.500 e. The summed E-state index contributed by atoms with van der Waals surface area (Å²) in [7, 11) is 0. The molecular weight excluding hydrogens is 322 g/mol. The molecule has 0 aliphatic carbocycles. The first-order valence-corrected chi connectivity index (χ1v) is 5.22. The Labute approximate surface area is 141 Å². The number of allylic oxidation sites excluding steroid dienone is 2. The van der Waals surface area contributed by atoms with E-state index >= 15 is 0 Å². The van der Waals surface area contributed by atoms with Crippen molar-refractivity contribution in [1.82, 2.24) is 0 Å². The monoisotopic (exact) mass is 344 g/mol. The van der Waals surface area contributed by atoms with Crippen molar-refractivity contribution in [3.8, 4) is 0 Å². The summed E-state index contributed by atoms with van der Waals surface area (Å²) < 4.78 is 0. The van der Waals surface area contributed by atoms with Crippen LogP contribution in [0.5, 0.6) is 0 Å². The van der Waals surface area contributed by atoms with Crippen LogP contribution >= 0.6 is 0 Å². The van der Waals surface area contributed by atoms with E-state index in [1.807, 2.05) is 0 Å². The van der Waals surface area contributed by atoms with Gasteiger partial charge in [-0.2, -0.15) is 12.8 Å². The molecule has 0 N–H and O–H groups in total. The van der Waals surface area contributed by atoms with Gasteiger partial charge in [-0.3, -0.25) is 5.57 Å². The van der Waals surface area contributed by atoms with Gasteiger partial charge in [-0.1, -0.05) is 46.0 Å². The molecule has 0 aliphatic heterocycles. The molecule has 0 aromatic heterocycles. The van der Waals surface area contributed by atoms with E-state index in [1.54, 1.807) is 0 Å². The molecule has 78 valence electrons. The Morgan fingerprint density at radius 1 is 1.07 bits per heavy atom. The van der Waals surface area contributed by atoms with E-state index < -0.39 is 0 Å². The Kier molecular flexibility index (Phi) is 26.3. The SMILES string of the molecule is [CH2-]CC(=[C-]CCCC)CCCC.[Y].[Y]. The van der Waals surface area contributed by atoms with E-state index in [4.69, 9.17) is 0 Å². The molecule has 2 heteroatoms. The van der Waals surface area contributed by atoms with E-state index in [1.165, 1.54) is 37.7 Å². The molecule has 0 rings (SSSR count).